The first kappa shape index (κ1) is 18.1. The van der Waals surface area contributed by atoms with Gasteiger partial charge in [0.1, 0.15) is 12.1 Å². The molecule has 3 N–H and O–H groups in total. The second-order valence-electron chi connectivity index (χ2n) is 6.27. The molecule has 2 heterocycles. The summed E-state index contributed by atoms with van der Waals surface area (Å²) in [5.41, 5.74) is 3.54. The zero-order chi connectivity index (χ0) is 19.7. The summed E-state index contributed by atoms with van der Waals surface area (Å²) in [4.78, 5) is 8.96. The van der Waals surface area contributed by atoms with Crippen LogP contribution in [0.4, 0.5) is 5.82 Å². The lowest BCUT2D eigenvalue weighted by molar-refractivity contribution is 0.598. The maximum Gasteiger partial charge on any atom is 0.238 e. The molecular formula is C20H19N5O2S. The number of primary sulfonamides is 1. The van der Waals surface area contributed by atoms with Gasteiger partial charge in [-0.25, -0.2) is 23.5 Å². The fraction of sp³-hybridized carbons (Fsp3) is 0.100. The SMILES string of the molecule is CCNc1ncnc2c1c(-c1ccccc1)cn2-c1ccc(S(N)(=O)=O)cc1. The first-order valence-electron chi connectivity index (χ1n) is 8.77. The van der Waals surface area contributed by atoms with Crippen LogP contribution in [0, 0.1) is 0 Å². The molecule has 2 aromatic heterocycles. The van der Waals surface area contributed by atoms with E-state index in [0.717, 1.165) is 40.2 Å². The molecule has 8 heteroatoms. The molecule has 0 atom stereocenters. The molecule has 0 aliphatic carbocycles. The van der Waals surface area contributed by atoms with E-state index in [1.165, 1.54) is 18.5 Å². The number of rotatable bonds is 5. The average Bonchev–Trinajstić information content (AvgIpc) is 3.09. The van der Waals surface area contributed by atoms with E-state index in [2.05, 4.69) is 15.3 Å². The van der Waals surface area contributed by atoms with Gasteiger partial charge in [-0.2, -0.15) is 0 Å². The number of benzene rings is 2. The standard InChI is InChI=1S/C20H19N5O2S/c1-2-22-19-18-17(14-6-4-3-5-7-14)12-25(20(18)24-13-23-19)15-8-10-16(11-9-15)28(21,26)27/h3-13H,2H2,1H3,(H2,21,26,27)(H,22,23,24). The van der Waals surface area contributed by atoms with E-state index in [4.69, 9.17) is 5.14 Å². The van der Waals surface area contributed by atoms with E-state index in [1.54, 1.807) is 12.1 Å². The molecule has 7 nitrogen and oxygen atoms in total. The third-order valence-corrected chi connectivity index (χ3v) is 5.38. The van der Waals surface area contributed by atoms with Crippen molar-refractivity contribution >= 4 is 26.9 Å². The van der Waals surface area contributed by atoms with E-state index in [-0.39, 0.29) is 4.90 Å². The minimum Gasteiger partial charge on any atom is -0.370 e. The predicted molar refractivity (Wildman–Crippen MR) is 110 cm³/mol. The van der Waals surface area contributed by atoms with E-state index in [9.17, 15) is 8.42 Å². The zero-order valence-electron chi connectivity index (χ0n) is 15.2. The molecule has 4 rings (SSSR count). The monoisotopic (exact) mass is 393 g/mol. The number of nitrogens with two attached hydrogens (primary N) is 1. The lowest BCUT2D eigenvalue weighted by atomic mass is 10.1. The van der Waals surface area contributed by atoms with Crippen molar-refractivity contribution in [3.05, 3.63) is 67.1 Å². The fourth-order valence-electron chi connectivity index (χ4n) is 3.19. The Kier molecular flexibility index (Phi) is 4.58. The third-order valence-electron chi connectivity index (χ3n) is 4.46. The summed E-state index contributed by atoms with van der Waals surface area (Å²) in [6.07, 6.45) is 3.51. The van der Waals surface area contributed by atoms with Crippen molar-refractivity contribution in [2.75, 3.05) is 11.9 Å². The van der Waals surface area contributed by atoms with Crippen LogP contribution in [0.25, 0.3) is 27.8 Å². The first-order valence-corrected chi connectivity index (χ1v) is 10.3. The summed E-state index contributed by atoms with van der Waals surface area (Å²) >= 11 is 0. The Morgan fingerprint density at radius 2 is 1.75 bits per heavy atom. The van der Waals surface area contributed by atoms with Crippen LogP contribution in [0.3, 0.4) is 0 Å². The number of sulfonamides is 1. The van der Waals surface area contributed by atoms with Gasteiger partial charge in [0.2, 0.25) is 10.0 Å². The van der Waals surface area contributed by atoms with Gasteiger partial charge >= 0.3 is 0 Å². The fourth-order valence-corrected chi connectivity index (χ4v) is 3.71. The maximum absolute atomic E-state index is 11.5. The van der Waals surface area contributed by atoms with Crippen molar-refractivity contribution in [1.82, 2.24) is 14.5 Å². The van der Waals surface area contributed by atoms with Crippen LogP contribution in [0.1, 0.15) is 6.92 Å². The molecule has 0 radical (unpaired) electrons. The number of aromatic nitrogens is 3. The van der Waals surface area contributed by atoms with Crippen LogP contribution >= 0.6 is 0 Å². The largest absolute Gasteiger partial charge is 0.370 e. The molecule has 0 saturated carbocycles. The molecule has 4 aromatic rings. The highest BCUT2D eigenvalue weighted by Gasteiger charge is 2.17. The molecule has 0 aliphatic rings. The number of hydrogen-bond acceptors (Lipinski definition) is 5. The number of hydrogen-bond donors (Lipinski definition) is 2. The second kappa shape index (κ2) is 7.06. The lowest BCUT2D eigenvalue weighted by Gasteiger charge is -2.07. The van der Waals surface area contributed by atoms with Crippen LogP contribution in [-0.4, -0.2) is 29.5 Å². The number of anilines is 1. The summed E-state index contributed by atoms with van der Waals surface area (Å²) < 4.78 is 25.0. The summed E-state index contributed by atoms with van der Waals surface area (Å²) in [6.45, 7) is 2.74. The van der Waals surface area contributed by atoms with Gasteiger partial charge < -0.3 is 9.88 Å². The summed E-state index contributed by atoms with van der Waals surface area (Å²) in [5, 5.41) is 9.41. The lowest BCUT2D eigenvalue weighted by Crippen LogP contribution is -2.12. The summed E-state index contributed by atoms with van der Waals surface area (Å²) in [5.74, 6) is 0.756. The van der Waals surface area contributed by atoms with Crippen LogP contribution < -0.4 is 10.5 Å². The summed E-state index contributed by atoms with van der Waals surface area (Å²) in [7, 11) is -3.74. The minimum atomic E-state index is -3.74. The molecular weight excluding hydrogens is 374 g/mol. The first-order chi connectivity index (χ1) is 13.5. The van der Waals surface area contributed by atoms with Gasteiger partial charge in [0.15, 0.2) is 5.65 Å². The van der Waals surface area contributed by atoms with Crippen LogP contribution in [0.15, 0.2) is 72.0 Å². The molecule has 2 aromatic carbocycles. The normalized spacial score (nSPS) is 11.6. The van der Waals surface area contributed by atoms with Crippen molar-refractivity contribution in [1.29, 1.82) is 0 Å². The molecule has 0 saturated heterocycles. The van der Waals surface area contributed by atoms with Crippen molar-refractivity contribution in [3.63, 3.8) is 0 Å². The Hall–Kier alpha value is -3.23. The Balaban J connectivity index is 1.96. The van der Waals surface area contributed by atoms with E-state index in [1.807, 2.05) is 48.0 Å². The van der Waals surface area contributed by atoms with Crippen LogP contribution in [-0.2, 0) is 10.0 Å². The van der Waals surface area contributed by atoms with Crippen LogP contribution in [0.5, 0.6) is 0 Å². The number of nitrogens with one attached hydrogen (secondary N) is 1. The quantitative estimate of drug-likeness (QED) is 0.542. The molecule has 0 bridgehead atoms. The van der Waals surface area contributed by atoms with Crippen molar-refractivity contribution < 1.29 is 8.42 Å². The topological polar surface area (TPSA) is 103 Å². The van der Waals surface area contributed by atoms with Gasteiger partial charge in [0.05, 0.1) is 10.3 Å². The zero-order valence-corrected chi connectivity index (χ0v) is 16.0. The smallest absolute Gasteiger partial charge is 0.238 e. The van der Waals surface area contributed by atoms with Gasteiger partial charge in [0, 0.05) is 24.0 Å². The number of fused-ring (bicyclic) bond motifs is 1. The molecule has 0 fully saturated rings. The average molecular weight is 393 g/mol. The van der Waals surface area contributed by atoms with Gasteiger partial charge in [-0.1, -0.05) is 30.3 Å². The Morgan fingerprint density at radius 1 is 1.04 bits per heavy atom. The highest BCUT2D eigenvalue weighted by molar-refractivity contribution is 7.89. The number of nitrogens with zero attached hydrogens (tertiary/aromatic N) is 3. The molecule has 0 spiro atoms. The Bertz CT molecular complexity index is 1230. The molecule has 142 valence electrons. The molecule has 28 heavy (non-hydrogen) atoms. The van der Waals surface area contributed by atoms with Gasteiger partial charge in [-0.3, -0.25) is 0 Å². The molecule has 0 unspecified atom stereocenters. The van der Waals surface area contributed by atoms with E-state index in [0.29, 0.717) is 0 Å². The predicted octanol–water partition coefficient (Wildman–Crippen LogP) is 3.17. The van der Waals surface area contributed by atoms with E-state index >= 15 is 0 Å². The third kappa shape index (κ3) is 3.23. The van der Waals surface area contributed by atoms with E-state index < -0.39 is 10.0 Å². The Labute approximate surface area is 162 Å². The van der Waals surface area contributed by atoms with Crippen molar-refractivity contribution in [2.45, 2.75) is 11.8 Å². The van der Waals surface area contributed by atoms with Gasteiger partial charge in [-0.05, 0) is 36.8 Å². The Morgan fingerprint density at radius 3 is 2.39 bits per heavy atom. The maximum atomic E-state index is 11.5. The minimum absolute atomic E-state index is 0.0685. The van der Waals surface area contributed by atoms with Crippen molar-refractivity contribution in [2.24, 2.45) is 5.14 Å². The highest BCUT2D eigenvalue weighted by Crippen LogP contribution is 2.35. The second-order valence-corrected chi connectivity index (χ2v) is 7.83. The molecule has 0 aliphatic heterocycles. The van der Waals surface area contributed by atoms with Crippen LogP contribution in [0.2, 0.25) is 0 Å². The van der Waals surface area contributed by atoms with Gasteiger partial charge in [-0.15, -0.1) is 0 Å². The highest BCUT2D eigenvalue weighted by atomic mass is 32.2. The summed E-state index contributed by atoms with van der Waals surface area (Å²) in [6, 6.07) is 16.4. The van der Waals surface area contributed by atoms with Gasteiger partial charge in [0.25, 0.3) is 0 Å². The van der Waals surface area contributed by atoms with Crippen molar-refractivity contribution in [3.8, 4) is 16.8 Å². The molecule has 0 amide bonds.